The van der Waals surface area contributed by atoms with Gasteiger partial charge in [-0.05, 0) is 61.3 Å². The highest BCUT2D eigenvalue weighted by Crippen LogP contribution is 2.43. The predicted octanol–water partition coefficient (Wildman–Crippen LogP) is 4.70. The molecule has 0 atom stereocenters. The highest BCUT2D eigenvalue weighted by atomic mass is 19.4. The molecule has 2 aromatic rings. The van der Waals surface area contributed by atoms with Crippen molar-refractivity contribution in [2.45, 2.75) is 24.4 Å². The van der Waals surface area contributed by atoms with Crippen LogP contribution in [0, 0.1) is 0 Å². The molecule has 6 heteroatoms. The van der Waals surface area contributed by atoms with E-state index in [0.29, 0.717) is 5.69 Å². The van der Waals surface area contributed by atoms with E-state index in [4.69, 9.17) is 0 Å². The molecule has 3 nitrogen and oxygen atoms in total. The fraction of sp³-hybridized carbons (Fsp3) is 0.318. The van der Waals surface area contributed by atoms with E-state index in [0.717, 1.165) is 38.1 Å². The molecule has 0 bridgehead atoms. The number of anilines is 1. The first kappa shape index (κ1) is 18.7. The van der Waals surface area contributed by atoms with E-state index >= 15 is 0 Å². The van der Waals surface area contributed by atoms with Crippen LogP contribution in [0.2, 0.25) is 0 Å². The van der Waals surface area contributed by atoms with Crippen molar-refractivity contribution in [2.24, 2.45) is 0 Å². The van der Waals surface area contributed by atoms with Gasteiger partial charge in [-0.25, -0.2) is 0 Å². The van der Waals surface area contributed by atoms with Crippen LogP contribution >= 0.6 is 0 Å². The van der Waals surface area contributed by atoms with Gasteiger partial charge < -0.3 is 5.32 Å². The molecule has 28 heavy (non-hydrogen) atoms. The lowest BCUT2D eigenvalue weighted by Crippen LogP contribution is -2.44. The van der Waals surface area contributed by atoms with Crippen molar-refractivity contribution < 1.29 is 18.0 Å². The van der Waals surface area contributed by atoms with Gasteiger partial charge in [-0.15, -0.1) is 0 Å². The maximum atomic E-state index is 12.6. The third-order valence-corrected chi connectivity index (χ3v) is 5.69. The van der Waals surface area contributed by atoms with Gasteiger partial charge in [0.2, 0.25) is 5.91 Å². The second-order valence-electron chi connectivity index (χ2n) is 7.48. The summed E-state index contributed by atoms with van der Waals surface area (Å²) >= 11 is 0. The Bertz CT molecular complexity index is 895. The third kappa shape index (κ3) is 3.69. The molecule has 1 amide bonds. The van der Waals surface area contributed by atoms with E-state index in [-0.39, 0.29) is 17.9 Å². The lowest BCUT2D eigenvalue weighted by atomic mass is 9.74. The van der Waals surface area contributed by atoms with E-state index in [9.17, 15) is 18.0 Å². The molecular formula is C22H21F3N2O. The number of allylic oxidation sites excluding steroid dienone is 1. The zero-order chi connectivity index (χ0) is 19.8. The minimum absolute atomic E-state index is 0.0665. The smallest absolute Gasteiger partial charge is 0.325 e. The maximum absolute atomic E-state index is 12.6. The number of hydrogen-bond donors (Lipinski definition) is 1. The molecular weight excluding hydrogens is 365 g/mol. The quantitative estimate of drug-likeness (QED) is 0.829. The number of rotatable bonds is 3. The molecule has 4 rings (SSSR count). The molecule has 2 aliphatic rings. The number of carbonyl (C=O) groups is 1. The summed E-state index contributed by atoms with van der Waals surface area (Å²) in [5.41, 5.74) is 2.35. The Morgan fingerprint density at radius 1 is 1.04 bits per heavy atom. The van der Waals surface area contributed by atoms with Crippen LogP contribution in [0.25, 0.3) is 6.08 Å². The summed E-state index contributed by atoms with van der Waals surface area (Å²) in [4.78, 5) is 14.4. The molecule has 1 heterocycles. The van der Waals surface area contributed by atoms with Crippen molar-refractivity contribution in [3.63, 3.8) is 0 Å². The van der Waals surface area contributed by atoms with Crippen molar-refractivity contribution in [2.75, 3.05) is 25.0 Å². The molecule has 0 radical (unpaired) electrons. The van der Waals surface area contributed by atoms with Gasteiger partial charge in [-0.1, -0.05) is 36.4 Å². The van der Waals surface area contributed by atoms with E-state index in [1.807, 2.05) is 6.07 Å². The number of alkyl halides is 3. The van der Waals surface area contributed by atoms with E-state index < -0.39 is 11.7 Å². The molecule has 0 unspecified atom stereocenters. The van der Waals surface area contributed by atoms with Crippen molar-refractivity contribution in [3.05, 3.63) is 71.3 Å². The largest absolute Gasteiger partial charge is 0.416 e. The number of fused-ring (bicyclic) bond motifs is 2. The van der Waals surface area contributed by atoms with Crippen LogP contribution in [0.4, 0.5) is 18.9 Å². The highest BCUT2D eigenvalue weighted by molar-refractivity contribution is 5.92. The van der Waals surface area contributed by atoms with E-state index in [2.05, 4.69) is 40.6 Å². The monoisotopic (exact) mass is 386 g/mol. The third-order valence-electron chi connectivity index (χ3n) is 5.69. The Morgan fingerprint density at radius 2 is 1.71 bits per heavy atom. The van der Waals surface area contributed by atoms with Crippen LogP contribution in [0.3, 0.4) is 0 Å². The number of likely N-dealkylation sites (tertiary alicyclic amines) is 1. The maximum Gasteiger partial charge on any atom is 0.416 e. The summed E-state index contributed by atoms with van der Waals surface area (Å²) in [5, 5.41) is 2.68. The highest BCUT2D eigenvalue weighted by Gasteiger charge is 2.38. The van der Waals surface area contributed by atoms with Gasteiger partial charge >= 0.3 is 6.18 Å². The number of piperidine rings is 1. The number of amides is 1. The average Bonchev–Trinajstić information content (AvgIpc) is 3.02. The zero-order valence-electron chi connectivity index (χ0n) is 15.3. The van der Waals surface area contributed by atoms with Crippen molar-refractivity contribution in [1.29, 1.82) is 0 Å². The normalized spacial score (nSPS) is 18.2. The Kier molecular flexibility index (Phi) is 4.75. The Balaban J connectivity index is 1.32. The first-order chi connectivity index (χ1) is 13.4. The summed E-state index contributed by atoms with van der Waals surface area (Å²) in [5.74, 6) is -0.210. The fourth-order valence-electron chi connectivity index (χ4n) is 4.13. The van der Waals surface area contributed by atoms with Gasteiger partial charge in [0.25, 0.3) is 0 Å². The van der Waals surface area contributed by atoms with Crippen LogP contribution in [0.15, 0.2) is 54.6 Å². The number of benzene rings is 2. The molecule has 1 N–H and O–H groups in total. The Morgan fingerprint density at radius 3 is 2.39 bits per heavy atom. The molecule has 146 valence electrons. The van der Waals surface area contributed by atoms with Crippen molar-refractivity contribution in [3.8, 4) is 0 Å². The van der Waals surface area contributed by atoms with Gasteiger partial charge in [-0.2, -0.15) is 13.2 Å². The van der Waals surface area contributed by atoms with Crippen LogP contribution in [0.5, 0.6) is 0 Å². The summed E-state index contributed by atoms with van der Waals surface area (Å²) in [6.45, 7) is 1.85. The Labute approximate surface area is 161 Å². The minimum atomic E-state index is -4.38. The van der Waals surface area contributed by atoms with Gasteiger partial charge in [-0.3, -0.25) is 9.69 Å². The number of nitrogens with one attached hydrogen (secondary N) is 1. The second-order valence-corrected chi connectivity index (χ2v) is 7.48. The number of hydrogen-bond acceptors (Lipinski definition) is 2. The first-order valence-electron chi connectivity index (χ1n) is 9.34. The minimum Gasteiger partial charge on any atom is -0.325 e. The number of carbonyl (C=O) groups excluding carboxylic acids is 1. The van der Waals surface area contributed by atoms with Gasteiger partial charge in [0.1, 0.15) is 0 Å². The van der Waals surface area contributed by atoms with Crippen LogP contribution in [-0.4, -0.2) is 30.4 Å². The summed E-state index contributed by atoms with van der Waals surface area (Å²) < 4.78 is 37.8. The zero-order valence-corrected chi connectivity index (χ0v) is 15.3. The van der Waals surface area contributed by atoms with E-state index in [1.165, 1.54) is 23.3 Å². The topological polar surface area (TPSA) is 32.3 Å². The van der Waals surface area contributed by atoms with Crippen LogP contribution in [0.1, 0.15) is 29.5 Å². The van der Waals surface area contributed by atoms with Gasteiger partial charge in [0.15, 0.2) is 0 Å². The number of nitrogens with zero attached hydrogens (tertiary/aromatic N) is 1. The summed E-state index contributed by atoms with van der Waals surface area (Å²) in [6, 6.07) is 12.9. The molecule has 0 saturated carbocycles. The van der Waals surface area contributed by atoms with Crippen molar-refractivity contribution in [1.82, 2.24) is 4.90 Å². The number of halogens is 3. The summed E-state index contributed by atoms with van der Waals surface area (Å²) in [7, 11) is 0. The second kappa shape index (κ2) is 7.09. The SMILES string of the molecule is O=C(CN1CCC2(C=Cc3ccccc32)CC1)Nc1ccc(C(F)(F)F)cc1. The molecule has 2 aromatic carbocycles. The van der Waals surface area contributed by atoms with Crippen molar-refractivity contribution >= 4 is 17.7 Å². The predicted molar refractivity (Wildman–Crippen MR) is 103 cm³/mol. The summed E-state index contributed by atoms with van der Waals surface area (Å²) in [6.07, 6.45) is 2.00. The lowest BCUT2D eigenvalue weighted by Gasteiger charge is -2.39. The van der Waals surface area contributed by atoms with Gasteiger partial charge in [0, 0.05) is 11.1 Å². The fourth-order valence-corrected chi connectivity index (χ4v) is 4.13. The average molecular weight is 386 g/mol. The first-order valence-corrected chi connectivity index (χ1v) is 9.34. The Hall–Kier alpha value is -2.60. The van der Waals surface area contributed by atoms with E-state index in [1.54, 1.807) is 0 Å². The molecule has 0 aromatic heterocycles. The molecule has 1 saturated heterocycles. The van der Waals surface area contributed by atoms with Crippen LogP contribution in [-0.2, 0) is 16.4 Å². The lowest BCUT2D eigenvalue weighted by molar-refractivity contribution is -0.137. The molecule has 1 aliphatic carbocycles. The molecule has 1 spiro atoms. The molecule has 1 aliphatic heterocycles. The van der Waals surface area contributed by atoms with Crippen LogP contribution < -0.4 is 5.32 Å². The molecule has 1 fully saturated rings. The van der Waals surface area contributed by atoms with Gasteiger partial charge in [0.05, 0.1) is 12.1 Å². The standard InChI is InChI=1S/C22H21F3N2O/c23-22(24,25)17-5-7-18(8-6-17)26-20(28)15-27-13-11-21(12-14-27)10-9-16-3-1-2-4-19(16)21/h1-10H,11-15H2,(H,26,28).